The van der Waals surface area contributed by atoms with Gasteiger partial charge in [0.05, 0.1) is 13.7 Å². The van der Waals surface area contributed by atoms with Crippen molar-refractivity contribution in [2.45, 2.75) is 38.8 Å². The van der Waals surface area contributed by atoms with E-state index in [-0.39, 0.29) is 17.5 Å². The number of piperazine rings is 1. The van der Waals surface area contributed by atoms with Crippen molar-refractivity contribution >= 4 is 5.91 Å². The van der Waals surface area contributed by atoms with Crippen LogP contribution in [-0.4, -0.2) is 73.0 Å². The van der Waals surface area contributed by atoms with Gasteiger partial charge in [0, 0.05) is 45.3 Å². The number of piperidine rings is 1. The Morgan fingerprint density at radius 1 is 1.15 bits per heavy atom. The van der Waals surface area contributed by atoms with Crippen LogP contribution in [0, 0.1) is 5.82 Å². The molecular weight excluding hydrogens is 333 g/mol. The lowest BCUT2D eigenvalue weighted by Crippen LogP contribution is -2.51. The zero-order chi connectivity index (χ0) is 18.5. The third-order valence-corrected chi connectivity index (χ3v) is 5.57. The first kappa shape index (κ1) is 19.1. The molecule has 0 spiro atoms. The van der Waals surface area contributed by atoms with Crippen molar-refractivity contribution in [1.82, 2.24) is 14.7 Å². The third kappa shape index (κ3) is 4.74. The Kier molecular flexibility index (Phi) is 6.48. The minimum atomic E-state index is -0.315. The van der Waals surface area contributed by atoms with Crippen LogP contribution in [0.2, 0.25) is 0 Å². The van der Waals surface area contributed by atoms with Crippen LogP contribution in [-0.2, 0) is 11.3 Å². The molecule has 2 heterocycles. The molecule has 0 aliphatic carbocycles. The second-order valence-corrected chi connectivity index (χ2v) is 7.45. The molecule has 1 amide bonds. The monoisotopic (exact) mass is 363 g/mol. The molecule has 0 N–H and O–H groups in total. The summed E-state index contributed by atoms with van der Waals surface area (Å²) in [6, 6.07) is 5.52. The normalized spacial score (nSPS) is 22.4. The van der Waals surface area contributed by atoms with E-state index >= 15 is 0 Å². The number of amides is 1. The van der Waals surface area contributed by atoms with Gasteiger partial charge in [0.2, 0.25) is 5.91 Å². The van der Waals surface area contributed by atoms with Crippen LogP contribution >= 0.6 is 0 Å². The second-order valence-electron chi connectivity index (χ2n) is 7.45. The molecule has 0 saturated carbocycles. The Bertz CT molecular complexity index is 617. The maximum atomic E-state index is 13.8. The van der Waals surface area contributed by atoms with E-state index in [9.17, 15) is 9.18 Å². The lowest BCUT2D eigenvalue weighted by Gasteiger charge is -2.38. The smallest absolute Gasteiger partial charge is 0.236 e. The van der Waals surface area contributed by atoms with E-state index in [1.165, 1.54) is 13.5 Å². The number of carbonyl (C=O) groups excluding carboxylic acids is 1. The molecule has 144 valence electrons. The predicted molar refractivity (Wildman–Crippen MR) is 99.7 cm³/mol. The summed E-state index contributed by atoms with van der Waals surface area (Å²) >= 11 is 0. The van der Waals surface area contributed by atoms with E-state index in [1.807, 2.05) is 6.07 Å². The zero-order valence-electron chi connectivity index (χ0n) is 15.9. The van der Waals surface area contributed by atoms with Gasteiger partial charge in [-0.3, -0.25) is 14.6 Å². The first-order valence-electron chi connectivity index (χ1n) is 9.63. The fourth-order valence-electron chi connectivity index (χ4n) is 3.92. The summed E-state index contributed by atoms with van der Waals surface area (Å²) in [7, 11) is 1.48. The highest BCUT2D eigenvalue weighted by molar-refractivity contribution is 5.78. The standard InChI is InChI=1S/C20H30FN3O2/c1-16-5-3-4-8-24(16)20(25)15-23-11-9-22(10-12-23)14-17-6-7-19(26-2)18(21)13-17/h6-7,13,16H,3-5,8-12,14-15H2,1-2H3. The summed E-state index contributed by atoms with van der Waals surface area (Å²) < 4.78 is 18.8. The van der Waals surface area contributed by atoms with Crippen LogP contribution in [0.5, 0.6) is 5.75 Å². The van der Waals surface area contributed by atoms with Crippen molar-refractivity contribution in [3.05, 3.63) is 29.6 Å². The summed E-state index contributed by atoms with van der Waals surface area (Å²) in [6.07, 6.45) is 3.48. The van der Waals surface area contributed by atoms with Crippen molar-refractivity contribution in [3.63, 3.8) is 0 Å². The van der Waals surface area contributed by atoms with E-state index in [1.54, 1.807) is 12.1 Å². The van der Waals surface area contributed by atoms with E-state index in [0.717, 1.165) is 57.7 Å². The molecule has 1 aromatic rings. The fourth-order valence-corrected chi connectivity index (χ4v) is 3.92. The molecule has 1 atom stereocenters. The van der Waals surface area contributed by atoms with Crippen molar-refractivity contribution in [2.24, 2.45) is 0 Å². The molecule has 0 radical (unpaired) electrons. The summed E-state index contributed by atoms with van der Waals surface area (Å²) in [5, 5.41) is 0. The van der Waals surface area contributed by atoms with Gasteiger partial charge in [-0.15, -0.1) is 0 Å². The Morgan fingerprint density at radius 2 is 1.88 bits per heavy atom. The Hall–Kier alpha value is -1.66. The number of rotatable bonds is 5. The number of methoxy groups -OCH3 is 1. The molecule has 5 nitrogen and oxygen atoms in total. The molecule has 3 rings (SSSR count). The highest BCUT2D eigenvalue weighted by Crippen LogP contribution is 2.20. The topological polar surface area (TPSA) is 36.0 Å². The van der Waals surface area contributed by atoms with Crippen LogP contribution in [0.25, 0.3) is 0 Å². The van der Waals surface area contributed by atoms with Gasteiger partial charge in [-0.1, -0.05) is 6.07 Å². The Labute approximate surface area is 155 Å². The van der Waals surface area contributed by atoms with Gasteiger partial charge >= 0.3 is 0 Å². The summed E-state index contributed by atoms with van der Waals surface area (Å²) in [5.41, 5.74) is 0.954. The van der Waals surface area contributed by atoms with E-state index in [4.69, 9.17) is 4.74 Å². The van der Waals surface area contributed by atoms with Crippen molar-refractivity contribution in [2.75, 3.05) is 46.4 Å². The number of hydrogen-bond donors (Lipinski definition) is 0. The van der Waals surface area contributed by atoms with Crippen LogP contribution in [0.15, 0.2) is 18.2 Å². The van der Waals surface area contributed by atoms with Gasteiger partial charge in [-0.2, -0.15) is 0 Å². The van der Waals surface area contributed by atoms with E-state index < -0.39 is 0 Å². The lowest BCUT2D eigenvalue weighted by atomic mass is 10.0. The molecule has 26 heavy (non-hydrogen) atoms. The Balaban J connectivity index is 1.45. The third-order valence-electron chi connectivity index (χ3n) is 5.57. The maximum absolute atomic E-state index is 13.8. The SMILES string of the molecule is COc1ccc(CN2CCN(CC(=O)N3CCCCC3C)CC2)cc1F. The molecule has 2 aliphatic heterocycles. The van der Waals surface area contributed by atoms with Gasteiger partial charge in [-0.25, -0.2) is 4.39 Å². The van der Waals surface area contributed by atoms with Crippen molar-refractivity contribution < 1.29 is 13.9 Å². The highest BCUT2D eigenvalue weighted by Gasteiger charge is 2.26. The molecule has 2 fully saturated rings. The van der Waals surface area contributed by atoms with Gasteiger partial charge in [0.25, 0.3) is 0 Å². The number of carbonyl (C=O) groups is 1. The molecule has 2 saturated heterocycles. The summed E-state index contributed by atoms with van der Waals surface area (Å²) in [5.74, 6) is 0.233. The average molecular weight is 363 g/mol. The molecule has 0 aromatic heterocycles. The number of halogens is 1. The molecule has 1 unspecified atom stereocenters. The van der Waals surface area contributed by atoms with Gasteiger partial charge in [-0.05, 0) is 43.9 Å². The van der Waals surface area contributed by atoms with Gasteiger partial charge in [0.1, 0.15) is 0 Å². The summed E-state index contributed by atoms with van der Waals surface area (Å²) in [6.45, 7) is 7.87. The lowest BCUT2D eigenvalue weighted by molar-refractivity contribution is -0.136. The van der Waals surface area contributed by atoms with Gasteiger partial charge in [0.15, 0.2) is 11.6 Å². The molecule has 2 aliphatic rings. The molecule has 0 bridgehead atoms. The maximum Gasteiger partial charge on any atom is 0.236 e. The second kappa shape index (κ2) is 8.82. The number of nitrogens with zero attached hydrogens (tertiary/aromatic N) is 3. The van der Waals surface area contributed by atoms with Crippen molar-refractivity contribution in [3.8, 4) is 5.75 Å². The van der Waals surface area contributed by atoms with Crippen LogP contribution < -0.4 is 4.74 Å². The number of ether oxygens (including phenoxy) is 1. The number of benzene rings is 1. The molecular formula is C20H30FN3O2. The molecule has 6 heteroatoms. The Morgan fingerprint density at radius 3 is 2.54 bits per heavy atom. The van der Waals surface area contributed by atoms with E-state index in [2.05, 4.69) is 21.6 Å². The van der Waals surface area contributed by atoms with Crippen LogP contribution in [0.3, 0.4) is 0 Å². The first-order chi connectivity index (χ1) is 12.6. The quantitative estimate of drug-likeness (QED) is 0.805. The predicted octanol–water partition coefficient (Wildman–Crippen LogP) is 2.35. The minimum absolute atomic E-state index is 0.267. The van der Waals surface area contributed by atoms with E-state index in [0.29, 0.717) is 12.6 Å². The van der Waals surface area contributed by atoms with Gasteiger partial charge < -0.3 is 9.64 Å². The minimum Gasteiger partial charge on any atom is -0.494 e. The largest absolute Gasteiger partial charge is 0.494 e. The molecule has 1 aromatic carbocycles. The van der Waals surface area contributed by atoms with Crippen molar-refractivity contribution in [1.29, 1.82) is 0 Å². The average Bonchev–Trinajstić information content (AvgIpc) is 2.64. The fraction of sp³-hybridized carbons (Fsp3) is 0.650. The van der Waals surface area contributed by atoms with Crippen LogP contribution in [0.4, 0.5) is 4.39 Å². The zero-order valence-corrected chi connectivity index (χ0v) is 15.9. The van der Waals surface area contributed by atoms with Crippen LogP contribution in [0.1, 0.15) is 31.7 Å². The first-order valence-corrected chi connectivity index (χ1v) is 9.63. The summed E-state index contributed by atoms with van der Waals surface area (Å²) in [4.78, 5) is 19.2. The number of hydrogen-bond acceptors (Lipinski definition) is 4. The number of likely N-dealkylation sites (tertiary alicyclic amines) is 1. The highest BCUT2D eigenvalue weighted by atomic mass is 19.1.